The van der Waals surface area contributed by atoms with Crippen LogP contribution in [0.15, 0.2) is 30.3 Å². The Morgan fingerprint density at radius 3 is 2.17 bits per heavy atom. The fourth-order valence-corrected chi connectivity index (χ4v) is 2.49. The van der Waals surface area contributed by atoms with E-state index in [0.717, 1.165) is 12.0 Å². The molecule has 0 radical (unpaired) electrons. The Balaban J connectivity index is 2.52. The van der Waals surface area contributed by atoms with Gasteiger partial charge >= 0.3 is 0 Å². The van der Waals surface area contributed by atoms with Crippen molar-refractivity contribution in [2.75, 3.05) is 13.2 Å². The number of hydrogen-bond donors (Lipinski definition) is 2. The van der Waals surface area contributed by atoms with E-state index in [0.29, 0.717) is 0 Å². The molecule has 0 aliphatic carbocycles. The number of unbranched alkanes of at least 4 members (excludes halogenated alkanes) is 5. The molecule has 5 nitrogen and oxygen atoms in total. The first-order chi connectivity index (χ1) is 11.6. The monoisotopic (exact) mass is 335 g/mol. The SMILES string of the molecule is CCCCCCCCc1ccc(/C=C\C(CO)(CO)[N+](=O)[O-])cc1. The summed E-state index contributed by atoms with van der Waals surface area (Å²) >= 11 is 0. The van der Waals surface area contributed by atoms with Crippen LogP contribution in [-0.2, 0) is 6.42 Å². The number of rotatable bonds is 12. The standard InChI is InChI=1S/C19H29NO4/c1-2-3-4-5-6-7-8-17-9-11-18(12-10-17)13-14-19(15-21,16-22)20(23)24/h9-14,21-22H,2-8,15-16H2,1H3/b14-13-. The first-order valence-corrected chi connectivity index (χ1v) is 8.72. The lowest BCUT2D eigenvalue weighted by atomic mass is 10.00. The summed E-state index contributed by atoms with van der Waals surface area (Å²) in [6.07, 6.45) is 11.5. The number of aliphatic hydroxyl groups is 2. The zero-order chi connectivity index (χ0) is 17.8. The summed E-state index contributed by atoms with van der Waals surface area (Å²) in [5, 5.41) is 29.4. The molecule has 1 aromatic rings. The second-order valence-corrected chi connectivity index (χ2v) is 6.27. The summed E-state index contributed by atoms with van der Waals surface area (Å²) in [5.74, 6) is 0. The van der Waals surface area contributed by atoms with Crippen LogP contribution in [0.2, 0.25) is 0 Å². The molecule has 0 heterocycles. The van der Waals surface area contributed by atoms with Crippen LogP contribution in [-0.4, -0.2) is 33.9 Å². The number of nitrogens with zero attached hydrogens (tertiary/aromatic N) is 1. The molecule has 1 aromatic carbocycles. The van der Waals surface area contributed by atoms with E-state index in [4.69, 9.17) is 0 Å². The minimum absolute atomic E-state index is 0.656. The highest BCUT2D eigenvalue weighted by atomic mass is 16.6. The molecule has 2 N–H and O–H groups in total. The lowest BCUT2D eigenvalue weighted by Gasteiger charge is -2.16. The quantitative estimate of drug-likeness (QED) is 0.347. The average Bonchev–Trinajstić information content (AvgIpc) is 2.60. The van der Waals surface area contributed by atoms with Gasteiger partial charge in [0.25, 0.3) is 5.54 Å². The smallest absolute Gasteiger partial charge is 0.285 e. The zero-order valence-electron chi connectivity index (χ0n) is 14.5. The van der Waals surface area contributed by atoms with Crippen LogP contribution in [0.4, 0.5) is 0 Å². The number of aliphatic hydroxyl groups excluding tert-OH is 2. The van der Waals surface area contributed by atoms with Gasteiger partial charge in [-0.05, 0) is 30.0 Å². The maximum Gasteiger partial charge on any atom is 0.285 e. The molecular formula is C19H29NO4. The van der Waals surface area contributed by atoms with E-state index in [-0.39, 0.29) is 0 Å². The molecule has 24 heavy (non-hydrogen) atoms. The van der Waals surface area contributed by atoms with Crippen molar-refractivity contribution in [1.82, 2.24) is 0 Å². The second-order valence-electron chi connectivity index (χ2n) is 6.27. The van der Waals surface area contributed by atoms with Gasteiger partial charge in [-0.25, -0.2) is 0 Å². The molecular weight excluding hydrogens is 306 g/mol. The van der Waals surface area contributed by atoms with E-state index in [1.165, 1.54) is 50.2 Å². The number of hydrogen-bond acceptors (Lipinski definition) is 4. The lowest BCUT2D eigenvalue weighted by Crippen LogP contribution is -2.43. The minimum Gasteiger partial charge on any atom is -0.388 e. The lowest BCUT2D eigenvalue weighted by molar-refractivity contribution is -0.561. The maximum atomic E-state index is 11.0. The topological polar surface area (TPSA) is 83.6 Å². The van der Waals surface area contributed by atoms with Crippen molar-refractivity contribution < 1.29 is 15.1 Å². The van der Waals surface area contributed by atoms with Gasteiger partial charge in [-0.15, -0.1) is 0 Å². The van der Waals surface area contributed by atoms with Crippen LogP contribution >= 0.6 is 0 Å². The molecule has 0 spiro atoms. The van der Waals surface area contributed by atoms with Gasteiger partial charge in [-0.1, -0.05) is 69.4 Å². The molecule has 0 fully saturated rings. The van der Waals surface area contributed by atoms with E-state index in [1.54, 1.807) is 6.08 Å². The van der Waals surface area contributed by atoms with E-state index in [2.05, 4.69) is 6.92 Å². The zero-order valence-corrected chi connectivity index (χ0v) is 14.5. The summed E-state index contributed by atoms with van der Waals surface area (Å²) in [6.45, 7) is 0.749. The Kier molecular flexibility index (Phi) is 9.27. The fourth-order valence-electron chi connectivity index (χ4n) is 2.49. The summed E-state index contributed by atoms with van der Waals surface area (Å²) < 4.78 is 0. The Morgan fingerprint density at radius 2 is 1.62 bits per heavy atom. The van der Waals surface area contributed by atoms with Crippen molar-refractivity contribution in [2.24, 2.45) is 0 Å². The van der Waals surface area contributed by atoms with Gasteiger partial charge < -0.3 is 10.2 Å². The Morgan fingerprint density at radius 1 is 1.04 bits per heavy atom. The molecule has 0 aromatic heterocycles. The molecule has 0 amide bonds. The van der Waals surface area contributed by atoms with Crippen LogP contribution in [0.5, 0.6) is 0 Å². The molecule has 0 aliphatic rings. The fraction of sp³-hybridized carbons (Fsp3) is 0.579. The van der Waals surface area contributed by atoms with Gasteiger partial charge in [-0.2, -0.15) is 0 Å². The van der Waals surface area contributed by atoms with Gasteiger partial charge in [0.15, 0.2) is 0 Å². The van der Waals surface area contributed by atoms with Crippen molar-refractivity contribution in [3.63, 3.8) is 0 Å². The van der Waals surface area contributed by atoms with Crippen LogP contribution in [0, 0.1) is 10.1 Å². The van der Waals surface area contributed by atoms with E-state index in [9.17, 15) is 20.3 Å². The molecule has 0 aliphatic heterocycles. The third-order valence-electron chi connectivity index (χ3n) is 4.30. The van der Waals surface area contributed by atoms with Crippen LogP contribution < -0.4 is 0 Å². The van der Waals surface area contributed by atoms with Gasteiger partial charge in [0, 0.05) is 4.92 Å². The van der Waals surface area contributed by atoms with Gasteiger partial charge in [0.2, 0.25) is 0 Å². The maximum absolute atomic E-state index is 11.0. The molecule has 1 rings (SSSR count). The van der Waals surface area contributed by atoms with Crippen molar-refractivity contribution >= 4 is 6.08 Å². The average molecular weight is 335 g/mol. The predicted octanol–water partition coefficient (Wildman–Crippen LogP) is 3.60. The molecule has 0 atom stereocenters. The Bertz CT molecular complexity index is 507. The highest BCUT2D eigenvalue weighted by Gasteiger charge is 2.38. The van der Waals surface area contributed by atoms with Crippen LogP contribution in [0.3, 0.4) is 0 Å². The summed E-state index contributed by atoms with van der Waals surface area (Å²) in [4.78, 5) is 10.3. The largest absolute Gasteiger partial charge is 0.388 e. The molecule has 5 heteroatoms. The second kappa shape index (κ2) is 10.9. The van der Waals surface area contributed by atoms with Gasteiger partial charge in [0.05, 0.1) is 0 Å². The van der Waals surface area contributed by atoms with Crippen molar-refractivity contribution in [1.29, 1.82) is 0 Å². The highest BCUT2D eigenvalue weighted by Crippen LogP contribution is 2.15. The number of nitro groups is 1. The van der Waals surface area contributed by atoms with Crippen molar-refractivity contribution in [3.8, 4) is 0 Å². The highest BCUT2D eigenvalue weighted by molar-refractivity contribution is 5.51. The predicted molar refractivity (Wildman–Crippen MR) is 96.5 cm³/mol. The number of benzene rings is 1. The number of aryl methyl sites for hydroxylation is 1. The normalized spacial score (nSPS) is 12.0. The third-order valence-corrected chi connectivity index (χ3v) is 4.30. The molecule has 0 unspecified atom stereocenters. The van der Waals surface area contributed by atoms with Gasteiger partial charge in [0.1, 0.15) is 13.2 Å². The molecule has 0 bridgehead atoms. The van der Waals surface area contributed by atoms with E-state index >= 15 is 0 Å². The summed E-state index contributed by atoms with van der Waals surface area (Å²) in [5.41, 5.74) is 0.249. The first-order valence-electron chi connectivity index (χ1n) is 8.72. The van der Waals surface area contributed by atoms with E-state index in [1.807, 2.05) is 24.3 Å². The van der Waals surface area contributed by atoms with Gasteiger partial charge in [-0.3, -0.25) is 10.1 Å². The van der Waals surface area contributed by atoms with Crippen LogP contribution in [0.1, 0.15) is 56.6 Å². The van der Waals surface area contributed by atoms with Crippen LogP contribution in [0.25, 0.3) is 6.08 Å². The van der Waals surface area contributed by atoms with E-state index < -0.39 is 23.7 Å². The minimum atomic E-state index is -1.82. The summed E-state index contributed by atoms with van der Waals surface area (Å²) in [6, 6.07) is 7.86. The molecule has 0 saturated heterocycles. The molecule has 0 saturated carbocycles. The third kappa shape index (κ3) is 6.42. The Labute approximate surface area is 144 Å². The van der Waals surface area contributed by atoms with Crippen molar-refractivity contribution in [2.45, 2.75) is 57.4 Å². The molecule has 134 valence electrons. The van der Waals surface area contributed by atoms with Crippen molar-refractivity contribution in [3.05, 3.63) is 51.6 Å². The Hall–Kier alpha value is -1.72. The summed E-state index contributed by atoms with van der Waals surface area (Å²) in [7, 11) is 0. The first kappa shape index (κ1) is 20.3.